The summed E-state index contributed by atoms with van der Waals surface area (Å²) in [5.74, 6) is 0. The van der Waals surface area contributed by atoms with Gasteiger partial charge in [0.25, 0.3) is 0 Å². The van der Waals surface area contributed by atoms with Crippen LogP contribution < -0.4 is 0 Å². The van der Waals surface area contributed by atoms with Gasteiger partial charge in [0.1, 0.15) is 0 Å². The standard InChI is InChI=1S/Fe.Mg.H3Si.Ti.2H/h;;1H3;;;. The molecule has 0 aliphatic carbocycles. The predicted octanol–water partition coefficient (Wildman–Crippen LogP) is -2.11. The first-order chi connectivity index (χ1) is 1.00. The maximum absolute atomic E-state index is 2.14. The Morgan fingerprint density at radius 2 is 1.25 bits per heavy atom. The van der Waals surface area contributed by atoms with Crippen molar-refractivity contribution in [3.63, 3.8) is 0 Å². The second kappa shape index (κ2) is 18.9. The molecule has 0 aromatic rings. The first-order valence-corrected chi connectivity index (χ1v) is 6.18. The normalized spacial score (nSPS) is 1.75. The van der Waals surface area contributed by atoms with Crippen molar-refractivity contribution in [3.05, 3.63) is 0 Å². The van der Waals surface area contributed by atoms with Crippen molar-refractivity contribution in [2.45, 2.75) is 0 Å². The van der Waals surface area contributed by atoms with Crippen LogP contribution in [0.3, 0.4) is 0 Å². The third-order valence-electron chi connectivity index (χ3n) is 0. The van der Waals surface area contributed by atoms with E-state index in [-0.39, 0.29) is 40.1 Å². The molecule has 0 N–H and O–H groups in total. The predicted molar refractivity (Wildman–Crippen MR) is 18.5 cm³/mol. The monoisotopic (exact) mass is 161 g/mol. The minimum atomic E-state index is 0. The van der Waals surface area contributed by atoms with Gasteiger partial charge in [-0.05, 0) is 0 Å². The molecule has 0 unspecified atom stereocenters. The van der Waals surface area contributed by atoms with Crippen LogP contribution >= 0.6 is 0 Å². The van der Waals surface area contributed by atoms with Crippen LogP contribution in [-0.4, -0.2) is 31.2 Å². The van der Waals surface area contributed by atoms with Gasteiger partial charge in [-0.15, -0.1) is 0 Å². The van der Waals surface area contributed by atoms with Gasteiger partial charge in [-0.3, -0.25) is 0 Å². The van der Waals surface area contributed by atoms with E-state index in [0.29, 0.717) is 0 Å². The molecule has 0 aliphatic rings. The molecule has 0 amide bonds. The van der Waals surface area contributed by atoms with Crippen molar-refractivity contribution in [1.29, 1.82) is 0 Å². The summed E-state index contributed by atoms with van der Waals surface area (Å²) in [5, 5.41) is 0. The molecule has 0 spiro atoms. The first kappa shape index (κ1) is 16.4. The molecule has 0 saturated carbocycles. The fourth-order valence-corrected chi connectivity index (χ4v) is 0. The summed E-state index contributed by atoms with van der Waals surface area (Å²) in [5.41, 5.74) is 0. The summed E-state index contributed by atoms with van der Waals surface area (Å²) in [4.78, 5) is 0. The fourth-order valence-electron chi connectivity index (χ4n) is 0. The molecule has 0 aromatic heterocycles. The van der Waals surface area contributed by atoms with Crippen LogP contribution in [0.25, 0.3) is 0 Å². The molecule has 0 heterocycles. The first-order valence-electron chi connectivity index (χ1n) is 0.500. The molecule has 0 rings (SSSR count). The second-order valence-corrected chi connectivity index (χ2v) is 0. The maximum atomic E-state index is 2.14. The second-order valence-electron chi connectivity index (χ2n) is 0. The quantitative estimate of drug-likeness (QED) is 0.357. The van der Waals surface area contributed by atoms with Gasteiger partial charge in [-0.2, -0.15) is 0 Å². The molecule has 4 heteroatoms. The fraction of sp³-hybridized carbons (Fsp3) is 0. The van der Waals surface area contributed by atoms with Crippen molar-refractivity contribution in [2.75, 3.05) is 0 Å². The summed E-state index contributed by atoms with van der Waals surface area (Å²) in [7, 11) is 1.31. The van der Waals surface area contributed by atoms with E-state index in [1.807, 2.05) is 0 Å². The SMILES string of the molecule is [Fe].[MgH2].[SiH3][Ti]. The Morgan fingerprint density at radius 1 is 1.25 bits per heavy atom. The molecule has 0 saturated heterocycles. The Morgan fingerprint density at radius 3 is 1.25 bits per heavy atom. The van der Waals surface area contributed by atoms with Gasteiger partial charge in [-0.1, -0.05) is 0 Å². The zero-order chi connectivity index (χ0) is 2.00. The number of rotatable bonds is 0. The van der Waals surface area contributed by atoms with Crippen LogP contribution in [0.1, 0.15) is 0 Å². The Hall–Kier alpha value is 2.22. The molecule has 0 atom stereocenters. The molecule has 0 aliphatic heterocycles. The molecule has 0 fully saturated rings. The summed E-state index contributed by atoms with van der Waals surface area (Å²) >= 11 is 2.14. The van der Waals surface area contributed by atoms with Crippen LogP contribution in [-0.2, 0) is 36.8 Å². The topological polar surface area (TPSA) is 0 Å². The molecule has 0 bridgehead atoms. The molecule has 4 heavy (non-hydrogen) atoms. The zero-order valence-corrected chi connectivity index (χ0v) is 6.52. The van der Waals surface area contributed by atoms with Gasteiger partial charge in [-0.25, -0.2) is 0 Å². The summed E-state index contributed by atoms with van der Waals surface area (Å²) in [6.45, 7) is 0. The summed E-state index contributed by atoms with van der Waals surface area (Å²) in [6, 6.07) is 0. The van der Waals surface area contributed by atoms with Gasteiger partial charge in [0.15, 0.2) is 0 Å². The molecule has 0 aromatic carbocycles. The van der Waals surface area contributed by atoms with Crippen LogP contribution in [0, 0.1) is 0 Å². The van der Waals surface area contributed by atoms with Crippen LogP contribution in [0.4, 0.5) is 0 Å². The Labute approximate surface area is 67.1 Å². The number of hydrogen-bond donors (Lipinski definition) is 0. The van der Waals surface area contributed by atoms with E-state index in [2.05, 4.69) is 19.7 Å². The van der Waals surface area contributed by atoms with E-state index < -0.39 is 0 Å². The molecular weight excluding hydrogens is 156 g/mol. The van der Waals surface area contributed by atoms with Gasteiger partial charge in [0, 0.05) is 17.1 Å². The van der Waals surface area contributed by atoms with Crippen LogP contribution in [0.15, 0.2) is 0 Å². The van der Waals surface area contributed by atoms with E-state index in [9.17, 15) is 0 Å². The van der Waals surface area contributed by atoms with E-state index in [4.69, 9.17) is 0 Å². The Kier molecular flexibility index (Phi) is 77.2. The van der Waals surface area contributed by atoms with Crippen molar-refractivity contribution in [1.82, 2.24) is 0 Å². The summed E-state index contributed by atoms with van der Waals surface area (Å²) in [6.07, 6.45) is 0. The van der Waals surface area contributed by atoms with E-state index in [0.717, 1.165) is 0 Å². The van der Waals surface area contributed by atoms with Crippen molar-refractivity contribution >= 4 is 31.2 Å². The van der Waals surface area contributed by atoms with E-state index >= 15 is 0 Å². The minimum absolute atomic E-state index is 0. The molecule has 23 valence electrons. The third-order valence-corrected chi connectivity index (χ3v) is 0. The average molecular weight is 161 g/mol. The average Bonchev–Trinajstić information content (AvgIpc) is 1.00. The summed E-state index contributed by atoms with van der Waals surface area (Å²) < 4.78 is 0. The van der Waals surface area contributed by atoms with Crippen molar-refractivity contribution in [2.24, 2.45) is 0 Å². The van der Waals surface area contributed by atoms with Crippen LogP contribution in [0.2, 0.25) is 0 Å². The van der Waals surface area contributed by atoms with Crippen LogP contribution in [0.5, 0.6) is 0 Å². The van der Waals surface area contributed by atoms with Gasteiger partial charge in [0.2, 0.25) is 0 Å². The van der Waals surface area contributed by atoms with Crippen molar-refractivity contribution in [3.8, 4) is 0 Å². The van der Waals surface area contributed by atoms with E-state index in [1.54, 1.807) is 0 Å². The molecular formula is H5FeMgSiTi. The Balaban J connectivity index is -0.00000000500. The van der Waals surface area contributed by atoms with Crippen molar-refractivity contribution < 1.29 is 36.8 Å². The zero-order valence-electron chi connectivity index (χ0n) is 1.85. The third kappa shape index (κ3) is 8.88. The van der Waals surface area contributed by atoms with Gasteiger partial charge < -0.3 is 0 Å². The van der Waals surface area contributed by atoms with Gasteiger partial charge >= 0.3 is 50.9 Å². The number of hydrogen-bond acceptors (Lipinski definition) is 0. The molecule has 0 radical (unpaired) electrons. The van der Waals surface area contributed by atoms with Gasteiger partial charge in [0.05, 0.1) is 0 Å². The Bertz CT molecular complexity index is 8.00. The van der Waals surface area contributed by atoms with E-state index in [1.165, 1.54) is 8.11 Å². The molecule has 0 nitrogen and oxygen atoms in total.